The Kier molecular flexibility index (Phi) is 5.78. The van der Waals surface area contributed by atoms with Gasteiger partial charge in [0.25, 0.3) is 0 Å². The van der Waals surface area contributed by atoms with Crippen molar-refractivity contribution in [1.82, 2.24) is 0 Å². The maximum Gasteiger partial charge on any atom is 0.164 e. The van der Waals surface area contributed by atoms with E-state index in [4.69, 9.17) is 0 Å². The summed E-state index contributed by atoms with van der Waals surface area (Å²) >= 11 is 0. The van der Waals surface area contributed by atoms with Gasteiger partial charge < -0.3 is 5.11 Å². The number of ketones is 1. The molecule has 0 aromatic rings. The van der Waals surface area contributed by atoms with Crippen molar-refractivity contribution in [3.05, 3.63) is 11.8 Å². The third-order valence-electron chi connectivity index (χ3n) is 1.78. The van der Waals surface area contributed by atoms with Gasteiger partial charge in [-0.05, 0) is 0 Å². The van der Waals surface area contributed by atoms with Crippen molar-refractivity contribution in [2.24, 2.45) is 10.8 Å². The van der Waals surface area contributed by atoms with Gasteiger partial charge in [-0.3, -0.25) is 4.79 Å². The first-order valence-corrected chi connectivity index (χ1v) is 4.51. The molecule has 0 spiro atoms. The van der Waals surface area contributed by atoms with Gasteiger partial charge in [0.05, 0.1) is 0 Å². The summed E-state index contributed by atoms with van der Waals surface area (Å²) in [5, 5.41) is 9.56. The summed E-state index contributed by atoms with van der Waals surface area (Å²) in [6, 6.07) is 0. The largest absolute Gasteiger partial charge is 0.512 e. The van der Waals surface area contributed by atoms with Crippen molar-refractivity contribution in [1.29, 1.82) is 0 Å². The molecule has 0 saturated heterocycles. The molecular formula is C11H20CrO2. The Morgan fingerprint density at radius 1 is 1.00 bits per heavy atom. The number of carbonyl (C=O) groups is 1. The zero-order chi connectivity index (χ0) is 10.9. The van der Waals surface area contributed by atoms with Crippen LogP contribution in [0, 0.1) is 10.8 Å². The van der Waals surface area contributed by atoms with Gasteiger partial charge in [0.2, 0.25) is 0 Å². The minimum Gasteiger partial charge on any atom is -0.512 e. The number of aliphatic hydroxyl groups is 1. The molecule has 0 radical (unpaired) electrons. The maximum absolute atomic E-state index is 11.5. The fourth-order valence-corrected chi connectivity index (χ4v) is 0.557. The fraction of sp³-hybridized carbons (Fsp3) is 0.727. The number of carbonyl (C=O) groups excluding carboxylic acids is 1. The van der Waals surface area contributed by atoms with Crippen LogP contribution in [-0.4, -0.2) is 10.9 Å². The molecule has 0 unspecified atom stereocenters. The van der Waals surface area contributed by atoms with Crippen molar-refractivity contribution >= 4 is 5.78 Å². The number of hydrogen-bond donors (Lipinski definition) is 1. The third kappa shape index (κ3) is 5.47. The molecule has 14 heavy (non-hydrogen) atoms. The van der Waals surface area contributed by atoms with Crippen molar-refractivity contribution in [2.75, 3.05) is 0 Å². The Hall–Kier alpha value is -0.258. The number of rotatable bonds is 1. The molecule has 0 saturated carbocycles. The molecule has 0 aliphatic rings. The normalized spacial score (nSPS) is 13.4. The van der Waals surface area contributed by atoms with E-state index in [9.17, 15) is 9.90 Å². The smallest absolute Gasteiger partial charge is 0.164 e. The van der Waals surface area contributed by atoms with Crippen LogP contribution in [0.2, 0.25) is 0 Å². The molecule has 0 aromatic heterocycles. The molecule has 0 atom stereocenters. The van der Waals surface area contributed by atoms with E-state index in [-0.39, 0.29) is 34.3 Å². The fourth-order valence-electron chi connectivity index (χ4n) is 0.557. The van der Waals surface area contributed by atoms with Gasteiger partial charge in [0.1, 0.15) is 5.76 Å². The summed E-state index contributed by atoms with van der Waals surface area (Å²) in [4.78, 5) is 11.5. The van der Waals surface area contributed by atoms with Gasteiger partial charge in [-0.1, -0.05) is 41.5 Å². The van der Waals surface area contributed by atoms with Gasteiger partial charge in [-0.2, -0.15) is 0 Å². The first kappa shape index (κ1) is 16.2. The first-order chi connectivity index (χ1) is 5.55. The number of allylic oxidation sites excluding steroid dienone is 2. The zero-order valence-electron chi connectivity index (χ0n) is 9.84. The Morgan fingerprint density at radius 3 is 1.57 bits per heavy atom. The summed E-state index contributed by atoms with van der Waals surface area (Å²) in [5.41, 5.74) is -0.764. The van der Waals surface area contributed by atoms with E-state index in [1.807, 2.05) is 41.5 Å². The quantitative estimate of drug-likeness (QED) is 0.561. The van der Waals surface area contributed by atoms with Crippen molar-refractivity contribution in [2.45, 2.75) is 41.5 Å². The average molecular weight is 236 g/mol. The third-order valence-corrected chi connectivity index (χ3v) is 1.78. The Labute approximate surface area is 97.5 Å². The van der Waals surface area contributed by atoms with Crippen LogP contribution in [0.5, 0.6) is 0 Å². The Balaban J connectivity index is 0. The maximum atomic E-state index is 11.5. The van der Waals surface area contributed by atoms with E-state index >= 15 is 0 Å². The summed E-state index contributed by atoms with van der Waals surface area (Å²) in [6.07, 6.45) is 1.33. The second-order valence-electron chi connectivity index (χ2n) is 5.39. The minimum absolute atomic E-state index is 0. The first-order valence-electron chi connectivity index (χ1n) is 4.51. The zero-order valence-corrected chi connectivity index (χ0v) is 11.1. The standard InChI is InChI=1S/C11H20O2.Cr/c1-10(2,3)8(12)7-9(13)11(4,5)6;/h7,12H,1-6H3;/b8-7-;. The van der Waals surface area contributed by atoms with E-state index in [0.29, 0.717) is 0 Å². The van der Waals surface area contributed by atoms with Crippen LogP contribution in [0.25, 0.3) is 0 Å². The van der Waals surface area contributed by atoms with Crippen LogP contribution in [0.4, 0.5) is 0 Å². The summed E-state index contributed by atoms with van der Waals surface area (Å²) in [6.45, 7) is 11.1. The van der Waals surface area contributed by atoms with Crippen molar-refractivity contribution < 1.29 is 27.3 Å². The predicted octanol–water partition coefficient (Wildman–Crippen LogP) is 3.09. The number of aliphatic hydroxyl groups excluding tert-OH is 1. The van der Waals surface area contributed by atoms with E-state index in [1.165, 1.54) is 6.08 Å². The second kappa shape index (κ2) is 5.00. The monoisotopic (exact) mass is 236 g/mol. The molecule has 0 aliphatic carbocycles. The van der Waals surface area contributed by atoms with E-state index in [2.05, 4.69) is 0 Å². The Morgan fingerprint density at radius 2 is 1.36 bits per heavy atom. The molecular weight excluding hydrogens is 216 g/mol. The van der Waals surface area contributed by atoms with Gasteiger partial charge in [0, 0.05) is 34.3 Å². The summed E-state index contributed by atoms with van der Waals surface area (Å²) in [5.74, 6) is 0.104. The predicted molar refractivity (Wildman–Crippen MR) is 54.6 cm³/mol. The van der Waals surface area contributed by atoms with Crippen molar-refractivity contribution in [3.63, 3.8) is 0 Å². The number of hydrogen-bond acceptors (Lipinski definition) is 2. The summed E-state index contributed by atoms with van der Waals surface area (Å²) < 4.78 is 0. The molecule has 1 N–H and O–H groups in total. The minimum atomic E-state index is -0.417. The molecule has 2 nitrogen and oxygen atoms in total. The van der Waals surface area contributed by atoms with Crippen LogP contribution in [0.1, 0.15) is 41.5 Å². The van der Waals surface area contributed by atoms with Crippen LogP contribution in [-0.2, 0) is 22.2 Å². The van der Waals surface area contributed by atoms with Gasteiger partial charge >= 0.3 is 0 Å². The molecule has 0 aromatic carbocycles. The molecule has 82 valence electrons. The van der Waals surface area contributed by atoms with Gasteiger partial charge in [-0.15, -0.1) is 0 Å². The van der Waals surface area contributed by atoms with Crippen LogP contribution >= 0.6 is 0 Å². The van der Waals surface area contributed by atoms with Crippen LogP contribution in [0.3, 0.4) is 0 Å². The van der Waals surface area contributed by atoms with Gasteiger partial charge in [0.15, 0.2) is 5.78 Å². The Bertz CT molecular complexity index is 229. The summed E-state index contributed by atoms with van der Waals surface area (Å²) in [7, 11) is 0. The second-order valence-corrected chi connectivity index (χ2v) is 5.39. The molecule has 0 bridgehead atoms. The SMILES string of the molecule is CC(C)(C)C(=O)/C=C(\O)C(C)(C)C.[Cr]. The average Bonchev–Trinajstić information content (AvgIpc) is 1.82. The molecule has 0 rings (SSSR count). The molecule has 0 heterocycles. The van der Waals surface area contributed by atoms with Crippen LogP contribution in [0.15, 0.2) is 11.8 Å². The van der Waals surface area contributed by atoms with Crippen LogP contribution < -0.4 is 0 Å². The van der Waals surface area contributed by atoms with E-state index in [1.54, 1.807) is 0 Å². The van der Waals surface area contributed by atoms with Crippen molar-refractivity contribution in [3.8, 4) is 0 Å². The molecule has 0 amide bonds. The van der Waals surface area contributed by atoms with E-state index < -0.39 is 5.41 Å². The topological polar surface area (TPSA) is 37.3 Å². The van der Waals surface area contributed by atoms with E-state index in [0.717, 1.165) is 0 Å². The molecule has 3 heteroatoms. The molecule has 0 fully saturated rings. The molecule has 0 aliphatic heterocycles. The van der Waals surface area contributed by atoms with Gasteiger partial charge in [-0.25, -0.2) is 0 Å².